The average Bonchev–Trinajstić information content (AvgIpc) is 2.23. The Morgan fingerprint density at radius 2 is 2.12 bits per heavy atom. The minimum atomic E-state index is -0.405. The molecule has 0 spiro atoms. The van der Waals surface area contributed by atoms with Crippen LogP contribution in [-0.2, 0) is 4.74 Å². The molecule has 0 aromatic heterocycles. The maximum absolute atomic E-state index is 13.1. The van der Waals surface area contributed by atoms with Gasteiger partial charge in [0.05, 0.1) is 10.6 Å². The Kier molecular flexibility index (Phi) is 4.56. The number of anilines is 1. The molecular formula is C12H17ClFNO. The van der Waals surface area contributed by atoms with E-state index in [1.807, 2.05) is 13.8 Å². The van der Waals surface area contributed by atoms with Gasteiger partial charge in [0, 0.05) is 19.3 Å². The molecule has 0 aliphatic heterocycles. The summed E-state index contributed by atoms with van der Waals surface area (Å²) < 4.78 is 18.4. The topological polar surface area (TPSA) is 21.3 Å². The molecule has 0 heterocycles. The van der Waals surface area contributed by atoms with Gasteiger partial charge >= 0.3 is 0 Å². The number of ether oxygens (including phenoxy) is 1. The number of benzene rings is 1. The van der Waals surface area contributed by atoms with Gasteiger partial charge in [-0.15, -0.1) is 0 Å². The molecule has 1 rings (SSSR count). The lowest BCUT2D eigenvalue weighted by Crippen LogP contribution is -2.25. The van der Waals surface area contributed by atoms with Crippen molar-refractivity contribution in [2.75, 3.05) is 19.0 Å². The third-order valence-corrected chi connectivity index (χ3v) is 2.83. The van der Waals surface area contributed by atoms with E-state index in [1.165, 1.54) is 6.07 Å². The van der Waals surface area contributed by atoms with Crippen molar-refractivity contribution in [3.63, 3.8) is 0 Å². The summed E-state index contributed by atoms with van der Waals surface area (Å²) in [5.74, 6) is -0.405. The fourth-order valence-corrected chi connectivity index (χ4v) is 1.33. The second kappa shape index (κ2) is 5.51. The second-order valence-electron chi connectivity index (χ2n) is 4.27. The van der Waals surface area contributed by atoms with Crippen molar-refractivity contribution in [1.82, 2.24) is 0 Å². The number of halogens is 2. The fourth-order valence-electron chi connectivity index (χ4n) is 1.22. The first-order valence-corrected chi connectivity index (χ1v) is 5.56. The molecule has 1 N–H and O–H groups in total. The van der Waals surface area contributed by atoms with E-state index < -0.39 is 5.82 Å². The molecule has 1 aromatic carbocycles. The van der Waals surface area contributed by atoms with Crippen molar-refractivity contribution in [3.8, 4) is 0 Å². The standard InChI is InChI=1S/C12H17ClFNO/c1-12(2,16-3)6-7-15-9-4-5-10(13)11(14)8-9/h4-5,8,15H,6-7H2,1-3H3. The molecule has 0 amide bonds. The summed E-state index contributed by atoms with van der Waals surface area (Å²) in [6, 6.07) is 4.69. The van der Waals surface area contributed by atoms with Crippen molar-refractivity contribution in [2.24, 2.45) is 0 Å². The van der Waals surface area contributed by atoms with Crippen LogP contribution in [0.15, 0.2) is 18.2 Å². The molecule has 0 aliphatic rings. The van der Waals surface area contributed by atoms with Gasteiger partial charge in [-0.2, -0.15) is 0 Å². The first-order valence-electron chi connectivity index (χ1n) is 5.19. The van der Waals surface area contributed by atoms with Gasteiger partial charge in [-0.05, 0) is 38.5 Å². The Bertz CT molecular complexity index is 355. The van der Waals surface area contributed by atoms with Gasteiger partial charge in [0.1, 0.15) is 5.82 Å². The van der Waals surface area contributed by atoms with E-state index in [1.54, 1.807) is 19.2 Å². The van der Waals surface area contributed by atoms with Crippen molar-refractivity contribution >= 4 is 17.3 Å². The molecule has 4 heteroatoms. The zero-order valence-electron chi connectivity index (χ0n) is 9.81. The predicted octanol–water partition coefficient (Wildman–Crippen LogP) is 3.71. The van der Waals surface area contributed by atoms with Crippen LogP contribution in [0.5, 0.6) is 0 Å². The number of methoxy groups -OCH3 is 1. The normalized spacial score (nSPS) is 11.6. The fraction of sp³-hybridized carbons (Fsp3) is 0.500. The molecular weight excluding hydrogens is 229 g/mol. The van der Waals surface area contributed by atoms with Crippen LogP contribution in [0.25, 0.3) is 0 Å². The molecule has 1 aromatic rings. The first-order chi connectivity index (χ1) is 7.44. The number of hydrogen-bond donors (Lipinski definition) is 1. The second-order valence-corrected chi connectivity index (χ2v) is 4.68. The Morgan fingerprint density at radius 3 is 2.69 bits per heavy atom. The Hall–Kier alpha value is -0.800. The summed E-state index contributed by atoms with van der Waals surface area (Å²) in [7, 11) is 1.68. The minimum absolute atomic E-state index is 0.141. The third-order valence-electron chi connectivity index (χ3n) is 2.53. The summed E-state index contributed by atoms with van der Waals surface area (Å²) in [5.41, 5.74) is 0.562. The van der Waals surface area contributed by atoms with E-state index in [9.17, 15) is 4.39 Å². The average molecular weight is 246 g/mol. The zero-order valence-corrected chi connectivity index (χ0v) is 10.6. The molecule has 0 saturated carbocycles. The van der Waals surface area contributed by atoms with Gasteiger partial charge in [-0.3, -0.25) is 0 Å². The summed E-state index contributed by atoms with van der Waals surface area (Å²) in [6.45, 7) is 4.75. The minimum Gasteiger partial charge on any atom is -0.385 e. The van der Waals surface area contributed by atoms with Crippen LogP contribution in [0.4, 0.5) is 10.1 Å². The highest BCUT2D eigenvalue weighted by atomic mass is 35.5. The Balaban J connectivity index is 2.46. The quantitative estimate of drug-likeness (QED) is 0.854. The van der Waals surface area contributed by atoms with E-state index >= 15 is 0 Å². The van der Waals surface area contributed by atoms with E-state index in [-0.39, 0.29) is 10.6 Å². The van der Waals surface area contributed by atoms with Crippen LogP contribution in [0, 0.1) is 5.82 Å². The molecule has 2 nitrogen and oxygen atoms in total. The van der Waals surface area contributed by atoms with Gasteiger partial charge in [0.25, 0.3) is 0 Å². The summed E-state index contributed by atoms with van der Waals surface area (Å²) in [6.07, 6.45) is 0.841. The molecule has 0 bridgehead atoms. The lowest BCUT2D eigenvalue weighted by Gasteiger charge is -2.23. The maximum Gasteiger partial charge on any atom is 0.143 e. The van der Waals surface area contributed by atoms with Crippen LogP contribution in [-0.4, -0.2) is 19.3 Å². The molecule has 90 valence electrons. The van der Waals surface area contributed by atoms with Crippen molar-refractivity contribution in [1.29, 1.82) is 0 Å². The molecule has 0 atom stereocenters. The smallest absolute Gasteiger partial charge is 0.143 e. The number of nitrogens with one attached hydrogen (secondary N) is 1. The van der Waals surface area contributed by atoms with Gasteiger partial charge in [-0.25, -0.2) is 4.39 Å². The van der Waals surface area contributed by atoms with Gasteiger partial charge < -0.3 is 10.1 Å². The lowest BCUT2D eigenvalue weighted by molar-refractivity contribution is 0.0185. The van der Waals surface area contributed by atoms with E-state index in [0.717, 1.165) is 18.7 Å². The number of hydrogen-bond acceptors (Lipinski definition) is 2. The highest BCUT2D eigenvalue weighted by Gasteiger charge is 2.15. The Morgan fingerprint density at radius 1 is 1.44 bits per heavy atom. The van der Waals surface area contributed by atoms with Crippen LogP contribution in [0.3, 0.4) is 0 Å². The summed E-state index contributed by atoms with van der Waals surface area (Å²) in [5, 5.41) is 3.27. The van der Waals surface area contributed by atoms with Crippen LogP contribution in [0.1, 0.15) is 20.3 Å². The highest BCUT2D eigenvalue weighted by Crippen LogP contribution is 2.19. The molecule has 0 aliphatic carbocycles. The highest BCUT2D eigenvalue weighted by molar-refractivity contribution is 6.30. The van der Waals surface area contributed by atoms with E-state index in [2.05, 4.69) is 5.32 Å². The molecule has 0 unspecified atom stereocenters. The molecule has 0 saturated heterocycles. The Labute approximate surface area is 101 Å². The predicted molar refractivity (Wildman–Crippen MR) is 65.6 cm³/mol. The van der Waals surface area contributed by atoms with Crippen molar-refractivity contribution < 1.29 is 9.13 Å². The molecule has 0 fully saturated rings. The van der Waals surface area contributed by atoms with Gasteiger partial charge in [0.2, 0.25) is 0 Å². The largest absolute Gasteiger partial charge is 0.385 e. The SMILES string of the molecule is COC(C)(C)CCNc1ccc(Cl)c(F)c1. The van der Waals surface area contributed by atoms with Gasteiger partial charge in [0.15, 0.2) is 0 Å². The summed E-state index contributed by atoms with van der Waals surface area (Å²) in [4.78, 5) is 0. The lowest BCUT2D eigenvalue weighted by atomic mass is 10.1. The van der Waals surface area contributed by atoms with Crippen molar-refractivity contribution in [2.45, 2.75) is 25.9 Å². The number of rotatable bonds is 5. The van der Waals surface area contributed by atoms with Crippen LogP contribution >= 0.6 is 11.6 Å². The van der Waals surface area contributed by atoms with Gasteiger partial charge in [-0.1, -0.05) is 11.6 Å². The third kappa shape index (κ3) is 3.99. The molecule has 16 heavy (non-hydrogen) atoms. The zero-order chi connectivity index (χ0) is 12.2. The molecule has 0 radical (unpaired) electrons. The maximum atomic E-state index is 13.1. The van der Waals surface area contributed by atoms with E-state index in [0.29, 0.717) is 0 Å². The first kappa shape index (κ1) is 13.3. The summed E-state index contributed by atoms with van der Waals surface area (Å²) >= 11 is 5.59. The van der Waals surface area contributed by atoms with Crippen LogP contribution < -0.4 is 5.32 Å². The van der Waals surface area contributed by atoms with Crippen molar-refractivity contribution in [3.05, 3.63) is 29.0 Å². The van der Waals surface area contributed by atoms with Crippen LogP contribution in [0.2, 0.25) is 5.02 Å². The monoisotopic (exact) mass is 245 g/mol. The van der Waals surface area contributed by atoms with E-state index in [4.69, 9.17) is 16.3 Å².